The Morgan fingerprint density at radius 1 is 1.39 bits per heavy atom. The van der Waals surface area contributed by atoms with Gasteiger partial charge in [-0.25, -0.2) is 4.98 Å². The summed E-state index contributed by atoms with van der Waals surface area (Å²) in [6.45, 7) is 1.87. The molecule has 0 saturated heterocycles. The molecule has 2 aromatic rings. The summed E-state index contributed by atoms with van der Waals surface area (Å²) >= 11 is 0. The van der Waals surface area contributed by atoms with Crippen molar-refractivity contribution in [2.75, 3.05) is 11.1 Å². The molecule has 5 nitrogen and oxygen atoms in total. The summed E-state index contributed by atoms with van der Waals surface area (Å²) in [6, 6.07) is 8.19. The maximum atomic E-state index is 11.9. The molecule has 2 rings (SSSR count). The first-order chi connectivity index (χ1) is 8.58. The van der Waals surface area contributed by atoms with Crippen LogP contribution in [0.4, 0.5) is 11.4 Å². The molecule has 18 heavy (non-hydrogen) atoms. The fraction of sp³-hybridized carbons (Fsp3) is 0.0769. The third-order valence-electron chi connectivity index (χ3n) is 2.45. The van der Waals surface area contributed by atoms with Gasteiger partial charge in [0.05, 0.1) is 11.4 Å². The van der Waals surface area contributed by atoms with Crippen molar-refractivity contribution in [2.24, 2.45) is 0 Å². The van der Waals surface area contributed by atoms with E-state index in [-0.39, 0.29) is 11.4 Å². The summed E-state index contributed by atoms with van der Waals surface area (Å²) < 4.78 is 0. The number of hydrogen-bond acceptors (Lipinski definition) is 4. The molecule has 1 aromatic carbocycles. The van der Waals surface area contributed by atoms with Crippen LogP contribution in [-0.4, -0.2) is 16.0 Å². The second-order valence-electron chi connectivity index (χ2n) is 3.92. The Morgan fingerprint density at radius 3 is 2.89 bits per heavy atom. The number of carbonyl (C=O) groups is 1. The van der Waals surface area contributed by atoms with E-state index in [1.807, 2.05) is 6.92 Å². The first-order valence-corrected chi connectivity index (χ1v) is 5.39. The van der Waals surface area contributed by atoms with Crippen LogP contribution in [0.5, 0.6) is 5.75 Å². The number of carbonyl (C=O) groups excluding carboxylic acids is 1. The maximum absolute atomic E-state index is 11.9. The second kappa shape index (κ2) is 4.75. The number of pyridine rings is 1. The van der Waals surface area contributed by atoms with Gasteiger partial charge in [-0.1, -0.05) is 6.07 Å². The van der Waals surface area contributed by atoms with Crippen molar-refractivity contribution in [1.82, 2.24) is 4.98 Å². The van der Waals surface area contributed by atoms with E-state index >= 15 is 0 Å². The van der Waals surface area contributed by atoms with Crippen LogP contribution in [0.1, 0.15) is 16.1 Å². The van der Waals surface area contributed by atoms with Gasteiger partial charge in [0.25, 0.3) is 5.91 Å². The molecule has 0 aliphatic heterocycles. The molecule has 0 saturated carbocycles. The highest BCUT2D eigenvalue weighted by Gasteiger charge is 2.12. The summed E-state index contributed by atoms with van der Waals surface area (Å²) in [4.78, 5) is 15.8. The Labute approximate surface area is 104 Å². The largest absolute Gasteiger partial charge is 0.506 e. The van der Waals surface area contributed by atoms with E-state index in [1.165, 1.54) is 12.3 Å². The number of nitrogen functional groups attached to an aromatic ring is 1. The first kappa shape index (κ1) is 11.9. The highest BCUT2D eigenvalue weighted by molar-refractivity contribution is 6.06. The average molecular weight is 243 g/mol. The molecule has 0 radical (unpaired) electrons. The van der Waals surface area contributed by atoms with Crippen LogP contribution in [-0.2, 0) is 0 Å². The van der Waals surface area contributed by atoms with Crippen LogP contribution in [0.15, 0.2) is 36.5 Å². The minimum absolute atomic E-state index is 0.00320. The predicted octanol–water partition coefficient (Wildman–Crippen LogP) is 1.93. The normalized spacial score (nSPS) is 10.1. The van der Waals surface area contributed by atoms with Gasteiger partial charge in [0, 0.05) is 6.20 Å². The molecule has 4 N–H and O–H groups in total. The number of aryl methyl sites for hydroxylation is 1. The van der Waals surface area contributed by atoms with E-state index in [2.05, 4.69) is 10.3 Å². The zero-order valence-electron chi connectivity index (χ0n) is 9.84. The summed E-state index contributed by atoms with van der Waals surface area (Å²) in [5.41, 5.74) is 7.35. The fourth-order valence-corrected chi connectivity index (χ4v) is 1.54. The number of benzene rings is 1. The number of aromatic hydroxyl groups is 1. The van der Waals surface area contributed by atoms with Crippen LogP contribution in [0.25, 0.3) is 0 Å². The number of nitrogens with two attached hydrogens (primary N) is 1. The number of phenolic OH excluding ortho intramolecular Hbond substituents is 1. The number of anilines is 2. The second-order valence-corrected chi connectivity index (χ2v) is 3.92. The molecule has 1 aromatic heterocycles. The van der Waals surface area contributed by atoms with Crippen LogP contribution in [0.2, 0.25) is 0 Å². The van der Waals surface area contributed by atoms with Crippen molar-refractivity contribution in [3.05, 3.63) is 47.8 Å². The third-order valence-corrected chi connectivity index (χ3v) is 2.45. The average Bonchev–Trinajstić information content (AvgIpc) is 2.34. The van der Waals surface area contributed by atoms with E-state index in [4.69, 9.17) is 5.73 Å². The van der Waals surface area contributed by atoms with Gasteiger partial charge in [0.1, 0.15) is 5.75 Å². The molecular weight excluding hydrogens is 230 g/mol. The van der Waals surface area contributed by atoms with Crippen molar-refractivity contribution >= 4 is 17.3 Å². The Morgan fingerprint density at radius 2 is 2.17 bits per heavy atom. The molecule has 0 unspecified atom stereocenters. The van der Waals surface area contributed by atoms with Gasteiger partial charge < -0.3 is 16.2 Å². The molecule has 0 bridgehead atoms. The zero-order valence-corrected chi connectivity index (χ0v) is 9.84. The number of rotatable bonds is 2. The molecule has 0 atom stereocenters. The Hall–Kier alpha value is -2.56. The van der Waals surface area contributed by atoms with Crippen molar-refractivity contribution in [1.29, 1.82) is 0 Å². The molecule has 92 valence electrons. The van der Waals surface area contributed by atoms with Gasteiger partial charge >= 0.3 is 0 Å². The lowest BCUT2D eigenvalue weighted by molar-refractivity contribution is 0.102. The van der Waals surface area contributed by atoms with Gasteiger partial charge in [0.2, 0.25) is 0 Å². The highest BCUT2D eigenvalue weighted by atomic mass is 16.3. The topological polar surface area (TPSA) is 88.2 Å². The summed E-state index contributed by atoms with van der Waals surface area (Å²) in [5.74, 6) is -0.447. The van der Waals surface area contributed by atoms with Gasteiger partial charge in [-0.15, -0.1) is 0 Å². The number of phenols is 1. The lowest BCUT2D eigenvalue weighted by Gasteiger charge is -2.08. The number of amides is 1. The SMILES string of the molecule is Cc1ccc(O)c(NC(=O)c2ncccc2N)c1. The summed E-state index contributed by atoms with van der Waals surface area (Å²) in [7, 11) is 0. The summed E-state index contributed by atoms with van der Waals surface area (Å²) in [5, 5.41) is 12.2. The Bertz CT molecular complexity index is 597. The molecular formula is C13H13N3O2. The Kier molecular flexibility index (Phi) is 3.14. The van der Waals surface area contributed by atoms with Crippen molar-refractivity contribution < 1.29 is 9.90 Å². The number of nitrogens with zero attached hydrogens (tertiary/aromatic N) is 1. The molecule has 0 fully saturated rings. The molecule has 0 spiro atoms. The predicted molar refractivity (Wildman–Crippen MR) is 69.4 cm³/mol. The zero-order chi connectivity index (χ0) is 13.1. The Balaban J connectivity index is 2.27. The van der Waals surface area contributed by atoms with Crippen molar-refractivity contribution in [3.63, 3.8) is 0 Å². The van der Waals surface area contributed by atoms with Gasteiger partial charge in [-0.3, -0.25) is 4.79 Å². The van der Waals surface area contributed by atoms with Crippen molar-refractivity contribution in [2.45, 2.75) is 6.92 Å². The quantitative estimate of drug-likeness (QED) is 0.703. The molecule has 0 aliphatic rings. The van der Waals surface area contributed by atoms with Crippen LogP contribution in [0.3, 0.4) is 0 Å². The van der Waals surface area contributed by atoms with Gasteiger partial charge in [0.15, 0.2) is 5.69 Å². The van der Waals surface area contributed by atoms with E-state index in [0.717, 1.165) is 5.56 Å². The standard InChI is InChI=1S/C13H13N3O2/c1-8-4-5-11(17)10(7-8)16-13(18)12-9(14)3-2-6-15-12/h2-7,17H,14H2,1H3,(H,16,18). The number of hydrogen-bond donors (Lipinski definition) is 3. The molecule has 5 heteroatoms. The lowest BCUT2D eigenvalue weighted by Crippen LogP contribution is -2.15. The fourth-order valence-electron chi connectivity index (χ4n) is 1.54. The monoisotopic (exact) mass is 243 g/mol. The molecule has 1 heterocycles. The molecule has 1 amide bonds. The summed E-state index contributed by atoms with van der Waals surface area (Å²) in [6.07, 6.45) is 1.49. The van der Waals surface area contributed by atoms with Gasteiger partial charge in [-0.2, -0.15) is 0 Å². The van der Waals surface area contributed by atoms with E-state index in [0.29, 0.717) is 11.4 Å². The minimum Gasteiger partial charge on any atom is -0.506 e. The minimum atomic E-state index is -0.450. The lowest BCUT2D eigenvalue weighted by atomic mass is 10.2. The van der Waals surface area contributed by atoms with Crippen molar-refractivity contribution in [3.8, 4) is 5.75 Å². The van der Waals surface area contributed by atoms with E-state index in [1.54, 1.807) is 24.3 Å². The number of aromatic nitrogens is 1. The van der Waals surface area contributed by atoms with Crippen LogP contribution >= 0.6 is 0 Å². The van der Waals surface area contributed by atoms with Crippen LogP contribution in [0, 0.1) is 6.92 Å². The number of nitrogens with one attached hydrogen (secondary N) is 1. The van der Waals surface area contributed by atoms with Crippen LogP contribution < -0.4 is 11.1 Å². The van der Waals surface area contributed by atoms with Gasteiger partial charge in [-0.05, 0) is 36.8 Å². The molecule has 0 aliphatic carbocycles. The maximum Gasteiger partial charge on any atom is 0.276 e. The highest BCUT2D eigenvalue weighted by Crippen LogP contribution is 2.24. The smallest absolute Gasteiger partial charge is 0.276 e. The first-order valence-electron chi connectivity index (χ1n) is 5.39. The third kappa shape index (κ3) is 2.40. The van der Waals surface area contributed by atoms with E-state index < -0.39 is 5.91 Å². The van der Waals surface area contributed by atoms with E-state index in [9.17, 15) is 9.90 Å².